The number of nitrogens with two attached hydrogens (primary N) is 1. The lowest BCUT2D eigenvalue weighted by molar-refractivity contribution is -0.139. The molecule has 7 heteroatoms. The lowest BCUT2D eigenvalue weighted by Gasteiger charge is -2.27. The molecular weight excluding hydrogens is 298 g/mol. The Morgan fingerprint density at radius 3 is 2.55 bits per heavy atom. The van der Waals surface area contributed by atoms with Crippen LogP contribution in [0.15, 0.2) is 0 Å². The van der Waals surface area contributed by atoms with Gasteiger partial charge in [0.15, 0.2) is 0 Å². The molecule has 20 heavy (non-hydrogen) atoms. The summed E-state index contributed by atoms with van der Waals surface area (Å²) in [7, 11) is 0. The lowest BCUT2D eigenvalue weighted by Crippen LogP contribution is -2.51. The van der Waals surface area contributed by atoms with Crippen molar-refractivity contribution >= 4 is 36.0 Å². The van der Waals surface area contributed by atoms with Crippen molar-refractivity contribution in [3.8, 4) is 0 Å². The van der Waals surface area contributed by atoms with Crippen LogP contribution in [-0.4, -0.2) is 47.0 Å². The Bertz CT molecular complexity index is 347. The van der Waals surface area contributed by atoms with Crippen molar-refractivity contribution in [1.29, 1.82) is 0 Å². The van der Waals surface area contributed by atoms with E-state index in [4.69, 9.17) is 5.73 Å². The number of rotatable bonds is 4. The minimum absolute atomic E-state index is 0. The standard InChI is InChI=1S/C13H25N3O2S.ClH/c1-9(6-14)15-12(18)10-7-19-8-16(10)11(17)5-13(2,3)4;/h9-10H,5-8,14H2,1-4H3,(H,15,18);1H/t9-,10?;/m0./s1. The van der Waals surface area contributed by atoms with Crippen molar-refractivity contribution in [2.75, 3.05) is 18.2 Å². The van der Waals surface area contributed by atoms with Gasteiger partial charge in [-0.1, -0.05) is 20.8 Å². The number of nitrogens with one attached hydrogen (secondary N) is 1. The molecule has 0 bridgehead atoms. The first-order valence-corrected chi connectivity index (χ1v) is 7.77. The van der Waals surface area contributed by atoms with E-state index in [9.17, 15) is 9.59 Å². The Kier molecular flexibility index (Phi) is 7.91. The van der Waals surface area contributed by atoms with Gasteiger partial charge in [0.1, 0.15) is 6.04 Å². The summed E-state index contributed by atoms with van der Waals surface area (Å²) in [6.07, 6.45) is 0.462. The second kappa shape index (κ2) is 8.10. The summed E-state index contributed by atoms with van der Waals surface area (Å²) in [4.78, 5) is 26.0. The number of carbonyl (C=O) groups is 2. The summed E-state index contributed by atoms with van der Waals surface area (Å²) in [5.41, 5.74) is 5.44. The third-order valence-corrected chi connectivity index (χ3v) is 3.94. The molecule has 1 heterocycles. The molecule has 1 rings (SSSR count). The van der Waals surface area contributed by atoms with Crippen LogP contribution < -0.4 is 11.1 Å². The number of hydrogen-bond donors (Lipinski definition) is 2. The van der Waals surface area contributed by atoms with Crippen molar-refractivity contribution in [3.05, 3.63) is 0 Å². The molecule has 1 saturated heterocycles. The molecule has 1 aliphatic rings. The maximum atomic E-state index is 12.2. The third kappa shape index (κ3) is 5.89. The number of carbonyl (C=O) groups excluding carboxylic acids is 2. The van der Waals surface area contributed by atoms with Crippen molar-refractivity contribution < 1.29 is 9.59 Å². The van der Waals surface area contributed by atoms with Crippen molar-refractivity contribution in [1.82, 2.24) is 10.2 Å². The van der Waals surface area contributed by atoms with Gasteiger partial charge in [0.05, 0.1) is 5.88 Å². The number of thioether (sulfide) groups is 1. The smallest absolute Gasteiger partial charge is 0.243 e. The Morgan fingerprint density at radius 2 is 2.05 bits per heavy atom. The highest BCUT2D eigenvalue weighted by atomic mass is 35.5. The molecule has 1 fully saturated rings. The summed E-state index contributed by atoms with van der Waals surface area (Å²) in [6.45, 7) is 8.35. The minimum Gasteiger partial charge on any atom is -0.351 e. The van der Waals surface area contributed by atoms with E-state index in [0.717, 1.165) is 0 Å². The Balaban J connectivity index is 0.00000361. The van der Waals surface area contributed by atoms with Gasteiger partial charge >= 0.3 is 0 Å². The Hall–Kier alpha value is -0.460. The van der Waals surface area contributed by atoms with Gasteiger partial charge in [0.25, 0.3) is 0 Å². The first kappa shape index (κ1) is 19.5. The molecule has 0 aromatic heterocycles. The quantitative estimate of drug-likeness (QED) is 0.815. The van der Waals surface area contributed by atoms with Gasteiger partial charge < -0.3 is 16.0 Å². The van der Waals surface area contributed by atoms with Crippen LogP contribution in [0.5, 0.6) is 0 Å². The predicted octanol–water partition coefficient (Wildman–Crippen LogP) is 1.21. The fraction of sp³-hybridized carbons (Fsp3) is 0.846. The average molecular weight is 324 g/mol. The number of nitrogens with zero attached hydrogens (tertiary/aromatic N) is 1. The molecule has 1 aliphatic heterocycles. The molecule has 0 aliphatic carbocycles. The Labute approximate surface area is 131 Å². The van der Waals surface area contributed by atoms with Gasteiger partial charge in [-0.15, -0.1) is 24.2 Å². The van der Waals surface area contributed by atoms with Crippen LogP contribution in [0, 0.1) is 5.41 Å². The second-order valence-corrected chi connectivity index (χ2v) is 7.26. The molecule has 1 unspecified atom stereocenters. The monoisotopic (exact) mass is 323 g/mol. The van der Waals surface area contributed by atoms with Crippen LogP contribution in [0.25, 0.3) is 0 Å². The number of halogens is 1. The molecule has 0 saturated carbocycles. The van der Waals surface area contributed by atoms with E-state index in [1.54, 1.807) is 16.7 Å². The van der Waals surface area contributed by atoms with Crippen LogP contribution in [-0.2, 0) is 9.59 Å². The Morgan fingerprint density at radius 1 is 1.45 bits per heavy atom. The molecule has 0 aromatic carbocycles. The van der Waals surface area contributed by atoms with Crippen molar-refractivity contribution in [2.45, 2.75) is 46.2 Å². The van der Waals surface area contributed by atoms with Gasteiger partial charge in [0, 0.05) is 24.8 Å². The first-order valence-electron chi connectivity index (χ1n) is 6.62. The second-order valence-electron chi connectivity index (χ2n) is 6.26. The zero-order valence-corrected chi connectivity index (χ0v) is 14.3. The molecule has 5 nitrogen and oxygen atoms in total. The fourth-order valence-electron chi connectivity index (χ4n) is 1.86. The topological polar surface area (TPSA) is 75.4 Å². The van der Waals surface area contributed by atoms with Crippen LogP contribution in [0.4, 0.5) is 0 Å². The maximum absolute atomic E-state index is 12.2. The van der Waals surface area contributed by atoms with E-state index in [-0.39, 0.29) is 41.7 Å². The zero-order valence-electron chi connectivity index (χ0n) is 12.6. The molecule has 0 aromatic rings. The SMILES string of the molecule is C[C@@H](CN)NC(=O)C1CSCN1C(=O)CC(C)(C)C.Cl. The molecule has 0 spiro atoms. The number of amides is 2. The summed E-state index contributed by atoms with van der Waals surface area (Å²) in [6, 6.07) is -0.411. The summed E-state index contributed by atoms with van der Waals surface area (Å²) >= 11 is 1.62. The van der Waals surface area contributed by atoms with Crippen LogP contribution >= 0.6 is 24.2 Å². The van der Waals surface area contributed by atoms with Gasteiger partial charge in [-0.3, -0.25) is 9.59 Å². The van der Waals surface area contributed by atoms with Gasteiger partial charge in [-0.2, -0.15) is 0 Å². The lowest BCUT2D eigenvalue weighted by atomic mass is 9.91. The highest BCUT2D eigenvalue weighted by Crippen LogP contribution is 2.26. The van der Waals surface area contributed by atoms with E-state index in [0.29, 0.717) is 24.6 Å². The molecule has 2 atom stereocenters. The van der Waals surface area contributed by atoms with Gasteiger partial charge in [-0.05, 0) is 12.3 Å². The highest BCUT2D eigenvalue weighted by molar-refractivity contribution is 7.99. The van der Waals surface area contributed by atoms with Crippen LogP contribution in [0.2, 0.25) is 0 Å². The molecular formula is C13H26ClN3O2S. The molecule has 118 valence electrons. The van der Waals surface area contributed by atoms with Crippen molar-refractivity contribution in [2.24, 2.45) is 11.1 Å². The summed E-state index contributed by atoms with van der Waals surface area (Å²) in [5.74, 6) is 1.23. The fourth-order valence-corrected chi connectivity index (χ4v) is 3.04. The largest absolute Gasteiger partial charge is 0.351 e. The predicted molar refractivity (Wildman–Crippen MR) is 85.9 cm³/mol. The summed E-state index contributed by atoms with van der Waals surface area (Å²) < 4.78 is 0. The van der Waals surface area contributed by atoms with Crippen LogP contribution in [0.3, 0.4) is 0 Å². The third-order valence-electron chi connectivity index (χ3n) is 2.93. The van der Waals surface area contributed by atoms with E-state index < -0.39 is 0 Å². The molecule has 3 N–H and O–H groups in total. The van der Waals surface area contributed by atoms with E-state index >= 15 is 0 Å². The van der Waals surface area contributed by atoms with Gasteiger partial charge in [0.2, 0.25) is 11.8 Å². The van der Waals surface area contributed by atoms with Gasteiger partial charge in [-0.25, -0.2) is 0 Å². The van der Waals surface area contributed by atoms with Crippen molar-refractivity contribution in [3.63, 3.8) is 0 Å². The molecule has 2 amide bonds. The minimum atomic E-state index is -0.353. The molecule has 0 radical (unpaired) electrons. The zero-order chi connectivity index (χ0) is 14.6. The normalized spacial score (nSPS) is 20.2. The number of hydrogen-bond acceptors (Lipinski definition) is 4. The summed E-state index contributed by atoms with van der Waals surface area (Å²) in [5, 5.41) is 2.85. The van der Waals surface area contributed by atoms with Crippen LogP contribution in [0.1, 0.15) is 34.1 Å². The van der Waals surface area contributed by atoms with E-state index in [2.05, 4.69) is 5.32 Å². The van der Waals surface area contributed by atoms with E-state index in [1.807, 2.05) is 27.7 Å². The average Bonchev–Trinajstić information content (AvgIpc) is 2.75. The maximum Gasteiger partial charge on any atom is 0.243 e. The van der Waals surface area contributed by atoms with E-state index in [1.165, 1.54) is 0 Å². The highest BCUT2D eigenvalue weighted by Gasteiger charge is 2.35. The first-order chi connectivity index (χ1) is 8.74.